The molecule has 0 bridgehead atoms. The second-order valence-corrected chi connectivity index (χ2v) is 3.74. The van der Waals surface area contributed by atoms with Crippen LogP contribution in [0, 0.1) is 0 Å². The van der Waals surface area contributed by atoms with Crippen LogP contribution >= 0.6 is 0 Å². The highest BCUT2D eigenvalue weighted by Gasteiger charge is 2.05. The predicted octanol–water partition coefficient (Wildman–Crippen LogP) is 0.116. The summed E-state index contributed by atoms with van der Waals surface area (Å²) >= 11 is 0. The van der Waals surface area contributed by atoms with Crippen molar-refractivity contribution in [3.63, 3.8) is 0 Å². The second kappa shape index (κ2) is 8.59. The molecule has 1 aromatic carbocycles. The van der Waals surface area contributed by atoms with Gasteiger partial charge in [0.15, 0.2) is 0 Å². The zero-order chi connectivity index (χ0) is 14.8. The Morgan fingerprint density at radius 3 is 2.35 bits per heavy atom. The maximum absolute atomic E-state index is 11.8. The molecule has 1 heterocycles. The SMILES string of the molecule is NN.NNc1ccc(C(=O)NCc2ccccc2)cn1. The molecule has 0 fully saturated rings. The number of nitrogens with zero attached hydrogens (tertiary/aromatic N) is 1. The number of hydrazine groups is 2. The van der Waals surface area contributed by atoms with Gasteiger partial charge >= 0.3 is 0 Å². The third-order valence-corrected chi connectivity index (χ3v) is 2.47. The first-order valence-electron chi connectivity index (χ1n) is 5.88. The Labute approximate surface area is 117 Å². The topological polar surface area (TPSA) is 132 Å². The molecule has 1 amide bonds. The van der Waals surface area contributed by atoms with Gasteiger partial charge in [0.2, 0.25) is 0 Å². The summed E-state index contributed by atoms with van der Waals surface area (Å²) in [7, 11) is 0. The van der Waals surface area contributed by atoms with Crippen LogP contribution in [0.2, 0.25) is 0 Å². The number of aromatic nitrogens is 1. The highest BCUT2D eigenvalue weighted by atomic mass is 16.1. The first-order chi connectivity index (χ1) is 9.79. The van der Waals surface area contributed by atoms with Gasteiger partial charge in [-0.15, -0.1) is 0 Å². The van der Waals surface area contributed by atoms with Gasteiger partial charge in [-0.1, -0.05) is 30.3 Å². The van der Waals surface area contributed by atoms with Gasteiger partial charge in [-0.25, -0.2) is 10.8 Å². The number of benzene rings is 1. The Balaban J connectivity index is 0.000000956. The lowest BCUT2D eigenvalue weighted by Crippen LogP contribution is -2.23. The van der Waals surface area contributed by atoms with Crippen LogP contribution in [0.3, 0.4) is 0 Å². The molecule has 0 aliphatic carbocycles. The van der Waals surface area contributed by atoms with Crippen molar-refractivity contribution in [1.82, 2.24) is 10.3 Å². The number of pyridine rings is 1. The maximum Gasteiger partial charge on any atom is 0.253 e. The second-order valence-electron chi connectivity index (χ2n) is 3.74. The molecule has 8 N–H and O–H groups in total. The van der Waals surface area contributed by atoms with Crippen LogP contribution in [-0.4, -0.2) is 10.9 Å². The Morgan fingerprint density at radius 2 is 1.80 bits per heavy atom. The Morgan fingerprint density at radius 1 is 1.10 bits per heavy atom. The fourth-order valence-electron chi connectivity index (χ4n) is 1.49. The number of hydrogen-bond donors (Lipinski definition) is 5. The molecule has 7 heteroatoms. The zero-order valence-electron chi connectivity index (χ0n) is 10.9. The van der Waals surface area contributed by atoms with Crippen molar-refractivity contribution in [2.75, 3.05) is 5.43 Å². The van der Waals surface area contributed by atoms with Crippen LogP contribution in [0.4, 0.5) is 5.82 Å². The molecule has 2 rings (SSSR count). The molecule has 0 aliphatic heterocycles. The van der Waals surface area contributed by atoms with Crippen LogP contribution in [0.15, 0.2) is 48.7 Å². The molecule has 0 aliphatic rings. The van der Waals surface area contributed by atoms with Gasteiger partial charge in [-0.05, 0) is 17.7 Å². The molecule has 0 spiro atoms. The first kappa shape index (κ1) is 15.6. The van der Waals surface area contributed by atoms with E-state index >= 15 is 0 Å². The minimum atomic E-state index is -0.157. The minimum Gasteiger partial charge on any atom is -0.348 e. The number of amides is 1. The van der Waals surface area contributed by atoms with Crippen LogP contribution in [0.1, 0.15) is 15.9 Å². The Hall–Kier alpha value is -2.48. The molecule has 0 saturated heterocycles. The predicted molar refractivity (Wildman–Crippen MR) is 78.0 cm³/mol. The van der Waals surface area contributed by atoms with E-state index in [0.717, 1.165) is 5.56 Å². The minimum absolute atomic E-state index is 0.157. The molecule has 20 heavy (non-hydrogen) atoms. The van der Waals surface area contributed by atoms with Gasteiger partial charge in [0.05, 0.1) is 5.56 Å². The number of carbonyl (C=O) groups excluding carboxylic acids is 1. The van der Waals surface area contributed by atoms with E-state index < -0.39 is 0 Å². The average molecular weight is 274 g/mol. The quantitative estimate of drug-likeness (QED) is 0.397. The molecule has 0 atom stereocenters. The van der Waals surface area contributed by atoms with Crippen molar-refractivity contribution in [1.29, 1.82) is 0 Å². The van der Waals surface area contributed by atoms with Crippen LogP contribution in [0.25, 0.3) is 0 Å². The van der Waals surface area contributed by atoms with Crippen molar-refractivity contribution < 1.29 is 4.79 Å². The first-order valence-corrected chi connectivity index (χ1v) is 5.88. The highest BCUT2D eigenvalue weighted by Crippen LogP contribution is 2.04. The Kier molecular flexibility index (Phi) is 6.69. The maximum atomic E-state index is 11.8. The average Bonchev–Trinajstić information content (AvgIpc) is 2.55. The van der Waals surface area contributed by atoms with E-state index in [1.165, 1.54) is 6.20 Å². The molecule has 1 aromatic heterocycles. The number of nitrogen functional groups attached to an aromatic ring is 1. The lowest BCUT2D eigenvalue weighted by molar-refractivity contribution is 0.0950. The third kappa shape index (κ3) is 4.65. The van der Waals surface area contributed by atoms with Crippen LogP contribution in [-0.2, 0) is 6.54 Å². The van der Waals surface area contributed by atoms with Gasteiger partial charge < -0.3 is 10.7 Å². The summed E-state index contributed by atoms with van der Waals surface area (Å²) in [4.78, 5) is 15.8. The van der Waals surface area contributed by atoms with E-state index in [9.17, 15) is 4.79 Å². The molecule has 0 saturated carbocycles. The highest BCUT2D eigenvalue weighted by molar-refractivity contribution is 5.93. The number of nitrogens with two attached hydrogens (primary N) is 3. The summed E-state index contributed by atoms with van der Waals surface area (Å²) in [5.41, 5.74) is 3.97. The summed E-state index contributed by atoms with van der Waals surface area (Å²) in [6.07, 6.45) is 1.48. The Bertz CT molecular complexity index is 514. The van der Waals surface area contributed by atoms with Gasteiger partial charge in [0.1, 0.15) is 5.82 Å². The van der Waals surface area contributed by atoms with Crippen molar-refractivity contribution in [2.24, 2.45) is 17.5 Å². The van der Waals surface area contributed by atoms with Gasteiger partial charge in [0.25, 0.3) is 5.91 Å². The summed E-state index contributed by atoms with van der Waals surface area (Å²) < 4.78 is 0. The van der Waals surface area contributed by atoms with Gasteiger partial charge in [-0.3, -0.25) is 16.5 Å². The number of anilines is 1. The molecule has 0 radical (unpaired) electrons. The van der Waals surface area contributed by atoms with Gasteiger partial charge in [0, 0.05) is 12.7 Å². The molecule has 2 aromatic rings. The van der Waals surface area contributed by atoms with E-state index in [0.29, 0.717) is 17.9 Å². The van der Waals surface area contributed by atoms with Crippen molar-refractivity contribution >= 4 is 11.7 Å². The molecular formula is C13H18N6O. The largest absolute Gasteiger partial charge is 0.348 e. The summed E-state index contributed by atoms with van der Waals surface area (Å²) in [6.45, 7) is 0.497. The van der Waals surface area contributed by atoms with Crippen LogP contribution < -0.4 is 28.3 Å². The van der Waals surface area contributed by atoms with E-state index in [-0.39, 0.29) is 5.91 Å². The monoisotopic (exact) mass is 274 g/mol. The summed E-state index contributed by atoms with van der Waals surface area (Å²) in [5, 5.41) is 2.82. The molecule has 0 unspecified atom stereocenters. The fourth-order valence-corrected chi connectivity index (χ4v) is 1.49. The lowest BCUT2D eigenvalue weighted by Gasteiger charge is -2.05. The lowest BCUT2D eigenvalue weighted by atomic mass is 10.2. The van der Waals surface area contributed by atoms with Crippen molar-refractivity contribution in [2.45, 2.75) is 6.54 Å². The molecule has 7 nitrogen and oxygen atoms in total. The van der Waals surface area contributed by atoms with E-state index in [1.807, 2.05) is 30.3 Å². The van der Waals surface area contributed by atoms with Crippen molar-refractivity contribution in [3.8, 4) is 0 Å². The van der Waals surface area contributed by atoms with E-state index in [2.05, 4.69) is 27.4 Å². The normalized spacial score (nSPS) is 9.15. The smallest absolute Gasteiger partial charge is 0.253 e. The number of hydrogen-bond acceptors (Lipinski definition) is 6. The molecule has 106 valence electrons. The number of nitrogens with one attached hydrogen (secondary N) is 2. The zero-order valence-corrected chi connectivity index (χ0v) is 10.9. The fraction of sp³-hybridized carbons (Fsp3) is 0.0769. The number of rotatable bonds is 4. The standard InChI is InChI=1S/C13H14N4O.H4N2/c14-17-12-7-6-11(9-15-12)13(18)16-8-10-4-2-1-3-5-10;1-2/h1-7,9H,8,14H2,(H,15,17)(H,16,18);1-2H2. The summed E-state index contributed by atoms with van der Waals surface area (Å²) in [5.74, 6) is 13.6. The van der Waals surface area contributed by atoms with E-state index in [1.54, 1.807) is 12.1 Å². The van der Waals surface area contributed by atoms with Crippen LogP contribution in [0.5, 0.6) is 0 Å². The van der Waals surface area contributed by atoms with E-state index in [4.69, 9.17) is 5.84 Å². The summed E-state index contributed by atoms with van der Waals surface area (Å²) in [6, 6.07) is 13.0. The number of carbonyl (C=O) groups is 1. The van der Waals surface area contributed by atoms with Gasteiger partial charge in [-0.2, -0.15) is 0 Å². The molecular weight excluding hydrogens is 256 g/mol. The van der Waals surface area contributed by atoms with Crippen molar-refractivity contribution in [3.05, 3.63) is 59.8 Å². The third-order valence-electron chi connectivity index (χ3n) is 2.47.